The third-order valence-corrected chi connectivity index (χ3v) is 4.22. The minimum Gasteiger partial charge on any atom is -0.434 e. The van der Waals surface area contributed by atoms with Crippen LogP contribution in [0.2, 0.25) is 0 Å². The first-order chi connectivity index (χ1) is 13.4. The lowest BCUT2D eigenvalue weighted by Gasteiger charge is -2.17. The Labute approximate surface area is 162 Å². The van der Waals surface area contributed by atoms with Crippen molar-refractivity contribution in [1.82, 2.24) is 0 Å². The Hall–Kier alpha value is -3.28. The van der Waals surface area contributed by atoms with Gasteiger partial charge in [-0.05, 0) is 39.8 Å². The number of benzene rings is 3. The molecule has 146 valence electrons. The fourth-order valence-corrected chi connectivity index (χ4v) is 3.06. The minimum absolute atomic E-state index is 0.205. The molecular weight excluding hydrogens is 360 g/mol. The van der Waals surface area contributed by atoms with Crippen molar-refractivity contribution in [3.05, 3.63) is 47.5 Å². The summed E-state index contributed by atoms with van der Waals surface area (Å²) in [5, 5.41) is 2.56. The van der Waals surface area contributed by atoms with Crippen LogP contribution in [0.1, 0.15) is 25.0 Å². The fourth-order valence-electron chi connectivity index (χ4n) is 3.06. The van der Waals surface area contributed by atoms with Crippen molar-refractivity contribution >= 4 is 33.9 Å². The molecule has 0 heterocycles. The summed E-state index contributed by atoms with van der Waals surface area (Å²) in [5.74, 6) is 0.728. The normalized spacial score (nSPS) is 10.7. The second kappa shape index (κ2) is 8.17. The first kappa shape index (κ1) is 19.5. The van der Waals surface area contributed by atoms with Gasteiger partial charge in [-0.2, -0.15) is 0 Å². The highest BCUT2D eigenvalue weighted by Gasteiger charge is 2.21. The zero-order valence-corrected chi connectivity index (χ0v) is 16.3. The Morgan fingerprint density at radius 2 is 1.07 bits per heavy atom. The summed E-state index contributed by atoms with van der Waals surface area (Å²) in [5.41, 5.74) is 1.93. The maximum atomic E-state index is 12.0. The number of ether oxygens (including phenoxy) is 4. The molecule has 0 fully saturated rings. The summed E-state index contributed by atoms with van der Waals surface area (Å²) in [6.45, 7) is 7.69. The molecule has 0 unspecified atom stereocenters. The third-order valence-electron chi connectivity index (χ3n) is 4.22. The van der Waals surface area contributed by atoms with Gasteiger partial charge in [-0.3, -0.25) is 0 Å². The number of hydrogen-bond donors (Lipinski definition) is 0. The van der Waals surface area contributed by atoms with E-state index in [4.69, 9.17) is 18.9 Å². The summed E-state index contributed by atoms with van der Waals surface area (Å²) in [6, 6.07) is 11.2. The Balaban J connectivity index is 2.33. The Morgan fingerprint density at radius 1 is 0.679 bits per heavy atom. The van der Waals surface area contributed by atoms with E-state index >= 15 is 0 Å². The molecule has 3 rings (SSSR count). The van der Waals surface area contributed by atoms with Crippen LogP contribution in [-0.4, -0.2) is 25.5 Å². The second-order valence-electron chi connectivity index (χ2n) is 6.33. The Kier molecular flexibility index (Phi) is 5.68. The van der Waals surface area contributed by atoms with Gasteiger partial charge in [-0.1, -0.05) is 35.4 Å². The van der Waals surface area contributed by atoms with Gasteiger partial charge in [0.05, 0.1) is 13.2 Å². The first-order valence-electron chi connectivity index (χ1n) is 9.10. The van der Waals surface area contributed by atoms with Gasteiger partial charge in [-0.15, -0.1) is 0 Å². The van der Waals surface area contributed by atoms with E-state index in [-0.39, 0.29) is 13.2 Å². The summed E-state index contributed by atoms with van der Waals surface area (Å²) >= 11 is 0. The molecule has 0 aliphatic heterocycles. The van der Waals surface area contributed by atoms with Gasteiger partial charge < -0.3 is 18.9 Å². The van der Waals surface area contributed by atoms with Crippen LogP contribution in [0.25, 0.3) is 21.5 Å². The fraction of sp³-hybridized carbons (Fsp3) is 0.273. The quantitative estimate of drug-likeness (QED) is 0.328. The molecular formula is C22H22O6. The Morgan fingerprint density at radius 3 is 1.43 bits per heavy atom. The number of carbonyl (C=O) groups is 2. The number of hydrogen-bond acceptors (Lipinski definition) is 6. The SMILES string of the molecule is CCOC(=O)Oc1c2ccc(C)cc2c(OC(=O)OCC)c2ccc(C)cc12. The molecule has 0 spiro atoms. The van der Waals surface area contributed by atoms with Gasteiger partial charge in [0.15, 0.2) is 0 Å². The molecule has 6 nitrogen and oxygen atoms in total. The predicted molar refractivity (Wildman–Crippen MR) is 106 cm³/mol. The molecule has 0 aliphatic carbocycles. The van der Waals surface area contributed by atoms with Crippen LogP contribution >= 0.6 is 0 Å². The van der Waals surface area contributed by atoms with Gasteiger partial charge in [0.25, 0.3) is 0 Å². The molecule has 0 saturated carbocycles. The molecule has 0 atom stereocenters. The van der Waals surface area contributed by atoms with Crippen molar-refractivity contribution in [2.45, 2.75) is 27.7 Å². The topological polar surface area (TPSA) is 71.1 Å². The zero-order chi connectivity index (χ0) is 20.3. The van der Waals surface area contributed by atoms with Crippen LogP contribution < -0.4 is 9.47 Å². The molecule has 0 N–H and O–H groups in total. The van der Waals surface area contributed by atoms with Crippen LogP contribution in [0.4, 0.5) is 9.59 Å². The maximum Gasteiger partial charge on any atom is 0.513 e. The zero-order valence-electron chi connectivity index (χ0n) is 16.3. The lowest BCUT2D eigenvalue weighted by Crippen LogP contribution is -2.12. The van der Waals surface area contributed by atoms with E-state index in [1.54, 1.807) is 13.8 Å². The molecule has 0 saturated heterocycles. The highest BCUT2D eigenvalue weighted by Crippen LogP contribution is 2.43. The second-order valence-corrected chi connectivity index (χ2v) is 6.33. The first-order valence-corrected chi connectivity index (χ1v) is 9.10. The lowest BCUT2D eigenvalue weighted by molar-refractivity contribution is 0.103. The van der Waals surface area contributed by atoms with E-state index in [9.17, 15) is 9.59 Å². The molecule has 3 aromatic rings. The number of fused-ring (bicyclic) bond motifs is 2. The summed E-state index contributed by atoms with van der Waals surface area (Å²) in [4.78, 5) is 24.1. The predicted octanol–water partition coefficient (Wildman–Crippen LogP) is 5.68. The number of carbonyl (C=O) groups excluding carboxylic acids is 2. The van der Waals surface area contributed by atoms with Crippen LogP contribution in [-0.2, 0) is 9.47 Å². The van der Waals surface area contributed by atoms with Crippen molar-refractivity contribution in [1.29, 1.82) is 0 Å². The van der Waals surface area contributed by atoms with E-state index in [0.29, 0.717) is 33.0 Å². The summed E-state index contributed by atoms with van der Waals surface area (Å²) in [6.07, 6.45) is -1.57. The van der Waals surface area contributed by atoms with E-state index in [2.05, 4.69) is 0 Å². The van der Waals surface area contributed by atoms with Gasteiger partial charge in [-0.25, -0.2) is 9.59 Å². The average Bonchev–Trinajstić information content (AvgIpc) is 2.64. The van der Waals surface area contributed by atoms with E-state index < -0.39 is 12.3 Å². The maximum absolute atomic E-state index is 12.0. The lowest BCUT2D eigenvalue weighted by atomic mass is 9.98. The minimum atomic E-state index is -0.786. The summed E-state index contributed by atoms with van der Waals surface area (Å²) < 4.78 is 21.0. The molecule has 6 heteroatoms. The highest BCUT2D eigenvalue weighted by molar-refractivity contribution is 6.12. The van der Waals surface area contributed by atoms with Gasteiger partial charge in [0.1, 0.15) is 11.5 Å². The smallest absolute Gasteiger partial charge is 0.434 e. The van der Waals surface area contributed by atoms with Gasteiger partial charge >= 0.3 is 12.3 Å². The van der Waals surface area contributed by atoms with Crippen LogP contribution in [0, 0.1) is 13.8 Å². The molecule has 3 aromatic carbocycles. The van der Waals surface area contributed by atoms with Crippen LogP contribution in [0.3, 0.4) is 0 Å². The monoisotopic (exact) mass is 382 g/mol. The molecule has 0 amide bonds. The number of rotatable bonds is 4. The molecule has 0 aromatic heterocycles. The molecule has 28 heavy (non-hydrogen) atoms. The van der Waals surface area contributed by atoms with Crippen molar-refractivity contribution in [3.8, 4) is 11.5 Å². The van der Waals surface area contributed by atoms with Crippen molar-refractivity contribution < 1.29 is 28.5 Å². The summed E-state index contributed by atoms with van der Waals surface area (Å²) in [7, 11) is 0. The van der Waals surface area contributed by atoms with E-state index in [0.717, 1.165) is 11.1 Å². The average molecular weight is 382 g/mol. The van der Waals surface area contributed by atoms with Gasteiger partial charge in [0.2, 0.25) is 0 Å². The Bertz CT molecular complexity index is 969. The van der Waals surface area contributed by atoms with Crippen LogP contribution in [0.5, 0.6) is 11.5 Å². The number of aryl methyl sites for hydroxylation is 2. The standard InChI is InChI=1S/C22H22O6/c1-5-25-21(23)27-19-15-9-7-14(4)12-18(15)20(28-22(24)26-6-2)16-10-8-13(3)11-17(16)19/h7-12H,5-6H2,1-4H3. The molecule has 0 radical (unpaired) electrons. The van der Waals surface area contributed by atoms with Crippen molar-refractivity contribution in [2.24, 2.45) is 0 Å². The van der Waals surface area contributed by atoms with E-state index in [1.807, 2.05) is 50.2 Å². The van der Waals surface area contributed by atoms with Gasteiger partial charge in [0, 0.05) is 21.5 Å². The van der Waals surface area contributed by atoms with Crippen molar-refractivity contribution in [3.63, 3.8) is 0 Å². The molecule has 0 bridgehead atoms. The largest absolute Gasteiger partial charge is 0.513 e. The van der Waals surface area contributed by atoms with Crippen molar-refractivity contribution in [2.75, 3.05) is 13.2 Å². The highest BCUT2D eigenvalue weighted by atomic mass is 16.7. The van der Waals surface area contributed by atoms with E-state index in [1.165, 1.54) is 0 Å². The van der Waals surface area contributed by atoms with Crippen LogP contribution in [0.15, 0.2) is 36.4 Å². The third kappa shape index (κ3) is 3.86. The molecule has 0 aliphatic rings.